The number of aliphatic hydroxyl groups is 2. The van der Waals surface area contributed by atoms with Crippen LogP contribution in [0, 0.1) is 3.57 Å². The van der Waals surface area contributed by atoms with Crippen LogP contribution in [0.3, 0.4) is 0 Å². The van der Waals surface area contributed by atoms with Crippen molar-refractivity contribution in [1.82, 2.24) is 9.55 Å². The predicted octanol–water partition coefficient (Wildman–Crippen LogP) is 3.08. The first kappa shape index (κ1) is 29.0. The van der Waals surface area contributed by atoms with Crippen molar-refractivity contribution >= 4 is 28.4 Å². The summed E-state index contributed by atoms with van der Waals surface area (Å²) in [7, 11) is 3.20. The highest BCUT2D eigenvalue weighted by molar-refractivity contribution is 14.1. The van der Waals surface area contributed by atoms with Crippen LogP contribution in [-0.2, 0) is 15.1 Å². The van der Waals surface area contributed by atoms with E-state index in [4.69, 9.17) is 24.7 Å². The first-order valence-corrected chi connectivity index (χ1v) is 13.9. The van der Waals surface area contributed by atoms with Crippen molar-refractivity contribution in [2.45, 2.75) is 30.1 Å². The second-order valence-electron chi connectivity index (χ2n) is 9.53. The van der Waals surface area contributed by atoms with E-state index in [0.29, 0.717) is 15.1 Å². The summed E-state index contributed by atoms with van der Waals surface area (Å²) in [4.78, 5) is 16.3. The third-order valence-electron chi connectivity index (χ3n) is 7.18. The maximum absolute atomic E-state index is 12.6. The van der Waals surface area contributed by atoms with Crippen molar-refractivity contribution in [1.29, 1.82) is 0 Å². The molecular formula is C30H30IN3O7. The van der Waals surface area contributed by atoms with Crippen LogP contribution in [0.2, 0.25) is 0 Å². The molecule has 0 amide bonds. The minimum absolute atomic E-state index is 0.0754. The number of halogens is 1. The maximum Gasteiger partial charge on any atom is 0.351 e. The van der Waals surface area contributed by atoms with Gasteiger partial charge in [-0.1, -0.05) is 54.6 Å². The van der Waals surface area contributed by atoms with Gasteiger partial charge in [-0.05, 0) is 63.5 Å². The fraction of sp³-hybridized carbons (Fsp3) is 0.267. The third-order valence-corrected chi connectivity index (χ3v) is 8.01. The number of nitrogens with two attached hydrogens (primary N) is 1. The number of anilines is 1. The molecule has 4 atom stereocenters. The lowest BCUT2D eigenvalue weighted by molar-refractivity contribution is -0.0958. The van der Waals surface area contributed by atoms with Crippen molar-refractivity contribution in [3.8, 4) is 11.5 Å². The number of aliphatic hydroxyl groups excluding tert-OH is 2. The SMILES string of the molecule is COc1ccc(C(OC[C@H]2O[C@@H](n3cc(I)c(N)nc3=O)[C@H](O)[C@@H]2O)(c2ccccc2)c2ccc(OC)cc2)cc1. The molecule has 1 aromatic heterocycles. The van der Waals surface area contributed by atoms with Gasteiger partial charge in [0.1, 0.15) is 41.2 Å². The van der Waals surface area contributed by atoms with Gasteiger partial charge in [0.15, 0.2) is 6.23 Å². The largest absolute Gasteiger partial charge is 0.497 e. The van der Waals surface area contributed by atoms with E-state index >= 15 is 0 Å². The van der Waals surface area contributed by atoms with Crippen LogP contribution >= 0.6 is 22.6 Å². The number of hydrogen-bond acceptors (Lipinski definition) is 9. The van der Waals surface area contributed by atoms with Crippen LogP contribution in [-0.4, -0.2) is 58.9 Å². The van der Waals surface area contributed by atoms with Gasteiger partial charge in [0.25, 0.3) is 0 Å². The second-order valence-corrected chi connectivity index (χ2v) is 10.7. The molecule has 1 aliphatic heterocycles. The number of nitrogens with zero attached hydrogens (tertiary/aromatic N) is 2. The summed E-state index contributed by atoms with van der Waals surface area (Å²) in [5.74, 6) is 1.44. The van der Waals surface area contributed by atoms with Crippen molar-refractivity contribution < 1.29 is 29.2 Å². The molecule has 0 saturated carbocycles. The van der Waals surface area contributed by atoms with Crippen molar-refractivity contribution in [2.24, 2.45) is 0 Å². The molecule has 1 fully saturated rings. The fourth-order valence-electron chi connectivity index (χ4n) is 5.02. The van der Waals surface area contributed by atoms with Crippen LogP contribution in [0.15, 0.2) is 89.9 Å². The Kier molecular flexibility index (Phi) is 8.61. The Bertz CT molecular complexity index is 1480. The molecular weight excluding hydrogens is 641 g/mol. The summed E-state index contributed by atoms with van der Waals surface area (Å²) in [6.07, 6.45) is -3.46. The minimum atomic E-state index is -1.41. The summed E-state index contributed by atoms with van der Waals surface area (Å²) in [6.45, 7) is -0.129. The van der Waals surface area contributed by atoms with E-state index < -0.39 is 35.8 Å². The Morgan fingerprint density at radius 2 is 1.44 bits per heavy atom. The summed E-state index contributed by atoms with van der Waals surface area (Å²) in [5.41, 5.74) is 6.33. The number of nitrogen functional groups attached to an aromatic ring is 1. The molecule has 41 heavy (non-hydrogen) atoms. The highest BCUT2D eigenvalue weighted by atomic mass is 127. The number of benzene rings is 3. The molecule has 0 radical (unpaired) electrons. The van der Waals surface area contributed by atoms with E-state index in [9.17, 15) is 15.0 Å². The van der Waals surface area contributed by atoms with Gasteiger partial charge in [-0.2, -0.15) is 4.98 Å². The van der Waals surface area contributed by atoms with Crippen LogP contribution in [0.5, 0.6) is 11.5 Å². The molecule has 1 aliphatic rings. The quantitative estimate of drug-likeness (QED) is 0.181. The molecule has 1 saturated heterocycles. The Balaban J connectivity index is 1.55. The molecule has 214 valence electrons. The normalized spacial score (nSPS) is 20.6. The zero-order chi connectivity index (χ0) is 29.1. The Hall–Kier alpha value is -3.49. The molecule has 0 spiro atoms. The summed E-state index contributed by atoms with van der Waals surface area (Å²) >= 11 is 1.94. The van der Waals surface area contributed by atoms with Crippen LogP contribution < -0.4 is 20.9 Å². The van der Waals surface area contributed by atoms with Gasteiger partial charge < -0.3 is 34.9 Å². The van der Waals surface area contributed by atoms with E-state index in [1.165, 1.54) is 6.20 Å². The van der Waals surface area contributed by atoms with Crippen LogP contribution in [0.1, 0.15) is 22.9 Å². The lowest BCUT2D eigenvalue weighted by atomic mass is 9.80. The monoisotopic (exact) mass is 671 g/mol. The lowest BCUT2D eigenvalue weighted by Crippen LogP contribution is -2.39. The predicted molar refractivity (Wildman–Crippen MR) is 160 cm³/mol. The topological polar surface area (TPSA) is 138 Å². The summed E-state index contributed by atoms with van der Waals surface area (Å²) in [6, 6.07) is 24.7. The molecule has 5 rings (SSSR count). The molecule has 2 heterocycles. The van der Waals surface area contributed by atoms with Gasteiger partial charge in [-0.15, -0.1) is 0 Å². The molecule has 4 aromatic rings. The average molecular weight is 671 g/mol. The highest BCUT2D eigenvalue weighted by Crippen LogP contribution is 2.42. The standard InChI is InChI=1S/C30H30IN3O7/c1-38-21-12-8-19(9-13-21)30(18-6-4-3-5-7-18,20-10-14-22(39-2)15-11-20)40-17-24-25(35)26(36)28(41-24)34-16-23(31)27(32)33-29(34)37/h3-16,24-26,28,35-36H,17H2,1-2H3,(H2,32,33,37)/t24-,25-,26-,28-/m1/s1. The molecule has 11 heteroatoms. The van der Waals surface area contributed by atoms with E-state index in [-0.39, 0.29) is 12.4 Å². The van der Waals surface area contributed by atoms with Gasteiger partial charge in [0, 0.05) is 6.20 Å². The van der Waals surface area contributed by atoms with E-state index in [2.05, 4.69) is 4.98 Å². The van der Waals surface area contributed by atoms with Gasteiger partial charge in [-0.3, -0.25) is 4.57 Å². The van der Waals surface area contributed by atoms with Gasteiger partial charge in [0.05, 0.1) is 24.4 Å². The molecule has 0 aliphatic carbocycles. The number of methoxy groups -OCH3 is 2. The number of rotatable bonds is 9. The first-order valence-electron chi connectivity index (χ1n) is 12.8. The Morgan fingerprint density at radius 1 is 0.902 bits per heavy atom. The minimum Gasteiger partial charge on any atom is -0.497 e. The van der Waals surface area contributed by atoms with Crippen molar-refractivity contribution in [3.05, 3.63) is 116 Å². The van der Waals surface area contributed by atoms with Crippen LogP contribution in [0.4, 0.5) is 5.82 Å². The average Bonchev–Trinajstić information content (AvgIpc) is 3.29. The van der Waals surface area contributed by atoms with Gasteiger partial charge in [-0.25, -0.2) is 4.79 Å². The van der Waals surface area contributed by atoms with Crippen molar-refractivity contribution in [2.75, 3.05) is 26.6 Å². The van der Waals surface area contributed by atoms with Gasteiger partial charge in [0.2, 0.25) is 0 Å². The molecule has 4 N–H and O–H groups in total. The molecule has 3 aromatic carbocycles. The van der Waals surface area contributed by atoms with E-state index in [1.807, 2.05) is 101 Å². The second kappa shape index (κ2) is 12.2. The zero-order valence-corrected chi connectivity index (χ0v) is 24.5. The first-order chi connectivity index (χ1) is 19.8. The maximum atomic E-state index is 12.6. The Labute approximate surface area is 250 Å². The van der Waals surface area contributed by atoms with Crippen LogP contribution in [0.25, 0.3) is 0 Å². The Morgan fingerprint density at radius 3 is 1.98 bits per heavy atom. The third kappa shape index (κ3) is 5.55. The smallest absolute Gasteiger partial charge is 0.351 e. The van der Waals surface area contributed by atoms with Crippen molar-refractivity contribution in [3.63, 3.8) is 0 Å². The molecule has 0 bridgehead atoms. The van der Waals surface area contributed by atoms with E-state index in [1.54, 1.807) is 14.2 Å². The molecule has 0 unspecified atom stereocenters. The number of aromatic nitrogens is 2. The summed E-state index contributed by atoms with van der Waals surface area (Å²) in [5, 5.41) is 21.9. The summed E-state index contributed by atoms with van der Waals surface area (Å²) < 4.78 is 25.2. The number of hydrogen-bond donors (Lipinski definition) is 3. The number of ether oxygens (including phenoxy) is 4. The van der Waals surface area contributed by atoms with E-state index in [0.717, 1.165) is 21.3 Å². The zero-order valence-electron chi connectivity index (χ0n) is 22.4. The highest BCUT2D eigenvalue weighted by Gasteiger charge is 2.46. The lowest BCUT2D eigenvalue weighted by Gasteiger charge is -2.37. The fourth-order valence-corrected chi connectivity index (χ4v) is 5.44. The van der Waals surface area contributed by atoms with Gasteiger partial charge >= 0.3 is 5.69 Å². The molecule has 10 nitrogen and oxygen atoms in total.